The molecule has 2 spiro atoms. The lowest BCUT2D eigenvalue weighted by atomic mass is 9.64. The van der Waals surface area contributed by atoms with Gasteiger partial charge in [-0.25, -0.2) is 0 Å². The number of hydrogen-bond donors (Lipinski definition) is 0. The van der Waals surface area contributed by atoms with Gasteiger partial charge >= 0.3 is 0 Å². The first-order valence-corrected chi connectivity index (χ1v) is 30.6. The van der Waals surface area contributed by atoms with Gasteiger partial charge in [-0.05, 0) is 164 Å². The number of ether oxygens (including phenoxy) is 1. The van der Waals surface area contributed by atoms with E-state index in [1.165, 1.54) is 153 Å². The van der Waals surface area contributed by atoms with Crippen LogP contribution in [0.1, 0.15) is 132 Å². The molecule has 0 bridgehead atoms. The summed E-state index contributed by atoms with van der Waals surface area (Å²) in [6, 6.07) is 90.4. The molecule has 0 radical (unpaired) electrons. The molecule has 83 heavy (non-hydrogen) atoms. The average molecular weight is 1070 g/mol. The SMILES string of the molecule is c1ccc(N(c2ccc3c(c2)C2(c4cc(C5CCCCC5)ccc4Oc4ccc(C5CCCCC5)cc42)c2ccccc2-3)c2ccc3c(c2)C2(c4ccccc4-c4ccccc42)c2ccccc2-3)c(-c2cccc3c2oc2ccccc23)c1. The average Bonchev–Trinajstić information content (AvgIpc) is 2.37. The van der Waals surface area contributed by atoms with E-state index < -0.39 is 10.8 Å². The Morgan fingerprint density at radius 3 is 1.27 bits per heavy atom. The zero-order valence-electron chi connectivity index (χ0n) is 46.5. The van der Waals surface area contributed by atoms with E-state index in [1.54, 1.807) is 0 Å². The first kappa shape index (κ1) is 47.5. The highest BCUT2D eigenvalue weighted by molar-refractivity contribution is 6.11. The highest BCUT2D eigenvalue weighted by atomic mass is 16.5. The van der Waals surface area contributed by atoms with Crippen LogP contribution in [-0.4, -0.2) is 0 Å². The molecule has 12 aromatic rings. The smallest absolute Gasteiger partial charge is 0.143 e. The largest absolute Gasteiger partial charge is 0.457 e. The van der Waals surface area contributed by atoms with E-state index in [0.29, 0.717) is 11.8 Å². The molecule has 0 unspecified atom stereocenters. The minimum atomic E-state index is -0.661. The van der Waals surface area contributed by atoms with Crippen LogP contribution in [0.3, 0.4) is 0 Å². The molecule has 6 aliphatic rings. The van der Waals surface area contributed by atoms with Gasteiger partial charge in [-0.1, -0.05) is 227 Å². The van der Waals surface area contributed by atoms with Crippen molar-refractivity contribution in [2.75, 3.05) is 4.90 Å². The maximum atomic E-state index is 7.26. The fourth-order valence-corrected chi connectivity index (χ4v) is 17.0. The Kier molecular flexibility index (Phi) is 10.4. The lowest BCUT2D eigenvalue weighted by Crippen LogP contribution is -2.33. The minimum Gasteiger partial charge on any atom is -0.457 e. The Bertz CT molecular complexity index is 4530. The first-order chi connectivity index (χ1) is 41.2. The van der Waals surface area contributed by atoms with Gasteiger partial charge in [-0.3, -0.25) is 0 Å². The van der Waals surface area contributed by atoms with Gasteiger partial charge in [-0.2, -0.15) is 0 Å². The van der Waals surface area contributed by atoms with Crippen molar-refractivity contribution in [1.82, 2.24) is 0 Å². The van der Waals surface area contributed by atoms with E-state index >= 15 is 0 Å². The van der Waals surface area contributed by atoms with Crippen LogP contribution >= 0.6 is 0 Å². The van der Waals surface area contributed by atoms with Crippen molar-refractivity contribution >= 4 is 39.0 Å². The molecular formula is C80H61NO2. The Hall–Kier alpha value is -9.18. The summed E-state index contributed by atoms with van der Waals surface area (Å²) in [5, 5.41) is 2.24. The van der Waals surface area contributed by atoms with E-state index in [-0.39, 0.29) is 0 Å². The fraction of sp³-hybridized carbons (Fsp3) is 0.175. The maximum absolute atomic E-state index is 7.26. The second-order valence-electron chi connectivity index (χ2n) is 24.6. The Morgan fingerprint density at radius 1 is 0.313 bits per heavy atom. The molecule has 1 aliphatic heterocycles. The molecule has 2 heterocycles. The molecule has 2 saturated carbocycles. The lowest BCUT2D eigenvalue weighted by molar-refractivity contribution is 0.424. The molecule has 0 N–H and O–H groups in total. The van der Waals surface area contributed by atoms with Crippen molar-refractivity contribution < 1.29 is 9.15 Å². The van der Waals surface area contributed by atoms with Crippen molar-refractivity contribution in [3.05, 3.63) is 292 Å². The molecule has 18 rings (SSSR count). The van der Waals surface area contributed by atoms with Gasteiger partial charge in [0.1, 0.15) is 22.7 Å². The number of benzene rings is 11. The van der Waals surface area contributed by atoms with Crippen LogP contribution in [0, 0.1) is 0 Å². The van der Waals surface area contributed by atoms with Crippen molar-refractivity contribution in [1.29, 1.82) is 0 Å². The summed E-state index contributed by atoms with van der Waals surface area (Å²) in [6.07, 6.45) is 12.7. The summed E-state index contributed by atoms with van der Waals surface area (Å²) in [7, 11) is 0. The number of nitrogens with zero attached hydrogens (tertiary/aromatic N) is 1. The number of para-hydroxylation sites is 3. The third kappa shape index (κ3) is 6.62. The van der Waals surface area contributed by atoms with Crippen LogP contribution < -0.4 is 9.64 Å². The summed E-state index contributed by atoms with van der Waals surface area (Å²) < 4.78 is 14.2. The predicted octanol–water partition coefficient (Wildman–Crippen LogP) is 21.6. The van der Waals surface area contributed by atoms with Gasteiger partial charge in [0.25, 0.3) is 0 Å². The third-order valence-corrected chi connectivity index (χ3v) is 20.6. The quantitative estimate of drug-likeness (QED) is 0.166. The molecule has 0 atom stereocenters. The van der Waals surface area contributed by atoms with Crippen molar-refractivity contribution in [2.24, 2.45) is 0 Å². The molecule has 398 valence electrons. The Balaban J connectivity index is 0.925. The van der Waals surface area contributed by atoms with Crippen molar-refractivity contribution in [3.63, 3.8) is 0 Å². The number of fused-ring (bicyclic) bond motifs is 22. The highest BCUT2D eigenvalue weighted by Gasteiger charge is 2.54. The second kappa shape index (κ2) is 18.2. The van der Waals surface area contributed by atoms with Crippen molar-refractivity contribution in [2.45, 2.75) is 86.9 Å². The Morgan fingerprint density at radius 2 is 0.735 bits per heavy atom. The van der Waals surface area contributed by atoms with Gasteiger partial charge < -0.3 is 14.1 Å². The molecule has 3 heteroatoms. The van der Waals surface area contributed by atoms with Gasteiger partial charge in [0.2, 0.25) is 0 Å². The van der Waals surface area contributed by atoms with E-state index in [0.717, 1.165) is 61.6 Å². The monoisotopic (exact) mass is 1070 g/mol. The van der Waals surface area contributed by atoms with Crippen LogP contribution in [0.15, 0.2) is 241 Å². The molecule has 3 nitrogen and oxygen atoms in total. The normalized spacial score (nSPS) is 16.6. The second-order valence-corrected chi connectivity index (χ2v) is 24.6. The number of rotatable bonds is 6. The molecule has 11 aromatic carbocycles. The minimum absolute atomic E-state index is 0.522. The molecule has 0 saturated heterocycles. The van der Waals surface area contributed by atoms with E-state index in [2.05, 4.69) is 241 Å². The number of hydrogen-bond acceptors (Lipinski definition) is 3. The van der Waals surface area contributed by atoms with Crippen LogP contribution in [-0.2, 0) is 10.8 Å². The van der Waals surface area contributed by atoms with Crippen molar-refractivity contribution in [3.8, 4) is 56.0 Å². The number of furan rings is 1. The summed E-state index contributed by atoms with van der Waals surface area (Å²) >= 11 is 0. The van der Waals surface area contributed by atoms with Crippen LogP contribution in [0.25, 0.3) is 66.4 Å². The molecular weight excluding hydrogens is 1010 g/mol. The van der Waals surface area contributed by atoms with Gasteiger partial charge in [-0.15, -0.1) is 0 Å². The summed E-state index contributed by atoms with van der Waals surface area (Å²) in [6.45, 7) is 0. The first-order valence-electron chi connectivity index (χ1n) is 30.6. The predicted molar refractivity (Wildman–Crippen MR) is 339 cm³/mol. The summed E-state index contributed by atoms with van der Waals surface area (Å²) in [4.78, 5) is 2.58. The van der Waals surface area contributed by atoms with E-state index in [9.17, 15) is 0 Å². The fourth-order valence-electron chi connectivity index (χ4n) is 17.0. The molecule has 2 fully saturated rings. The maximum Gasteiger partial charge on any atom is 0.143 e. The number of anilines is 3. The molecule has 5 aliphatic carbocycles. The highest BCUT2D eigenvalue weighted by Crippen LogP contribution is 2.66. The topological polar surface area (TPSA) is 25.6 Å². The Labute approximate surface area is 485 Å². The standard InChI is InChI=1S/C80H61NO2/c1-3-20-50(21-4-1)52-38-44-76-72(46-52)80(73-47-53(39-45-77(73)82-76)51-22-5-2-6-23-51)69-35-16-10-27-59(69)61-43-41-55(49-71(61)80)81(74-36-17-11-28-62(74)64-30-19-31-65-63-29-12-18-37-75(63)83-78(64)65)54-40-42-60-58-26-9-15-34-68(58)79(70(60)48-54)66-32-13-7-24-56(66)57-25-8-14-33-67(57)79/h7-19,24-51H,1-6,20-23H2. The van der Waals surface area contributed by atoms with Gasteiger partial charge in [0.15, 0.2) is 0 Å². The zero-order valence-corrected chi connectivity index (χ0v) is 46.5. The van der Waals surface area contributed by atoms with E-state index in [1.807, 2.05) is 0 Å². The van der Waals surface area contributed by atoms with Crippen LogP contribution in [0.5, 0.6) is 11.5 Å². The molecule has 0 amide bonds. The van der Waals surface area contributed by atoms with Crippen LogP contribution in [0.4, 0.5) is 17.1 Å². The zero-order chi connectivity index (χ0) is 54.4. The molecule has 1 aromatic heterocycles. The lowest BCUT2D eigenvalue weighted by Gasteiger charge is -2.41. The van der Waals surface area contributed by atoms with Crippen LogP contribution in [0.2, 0.25) is 0 Å². The summed E-state index contributed by atoms with van der Waals surface area (Å²) in [5.74, 6) is 2.97. The summed E-state index contributed by atoms with van der Waals surface area (Å²) in [5.41, 5.74) is 27.1. The van der Waals surface area contributed by atoms with E-state index in [4.69, 9.17) is 9.15 Å². The third-order valence-electron chi connectivity index (χ3n) is 20.6. The van der Waals surface area contributed by atoms with Gasteiger partial charge in [0, 0.05) is 44.4 Å². The van der Waals surface area contributed by atoms with Gasteiger partial charge in [0.05, 0.1) is 16.5 Å².